The molecule has 0 aliphatic carbocycles. The van der Waals surface area contributed by atoms with E-state index in [4.69, 9.17) is 0 Å². The van der Waals surface area contributed by atoms with Crippen LogP contribution >= 0.6 is 0 Å². The first-order valence-corrected chi connectivity index (χ1v) is 3.51. The molecule has 0 bridgehead atoms. The standard InChI is InChI=1S/C5H8O2.C3H4O4/c1-4(6)3-5(2)7;4-2(5)1-3(6)7/h3,6H,1-2H3;1H2,(H,4,5)(H,6,7)/p-3/b4-3-;. The molecule has 0 amide bonds. The second kappa shape index (κ2) is 7.78. The average Bonchev–Trinajstić information content (AvgIpc) is 1.79. The van der Waals surface area contributed by atoms with Crippen molar-refractivity contribution in [3.8, 4) is 0 Å². The molecule has 0 saturated heterocycles. The lowest BCUT2D eigenvalue weighted by Crippen LogP contribution is -2.32. The zero-order chi connectivity index (χ0) is 11.7. The fourth-order valence-corrected chi connectivity index (χ4v) is 0.404. The van der Waals surface area contributed by atoms with Crippen LogP contribution in [0.1, 0.15) is 20.3 Å². The zero-order valence-electron chi connectivity index (χ0n) is 7.73. The molecular formula is C8H9O6-3. The zero-order valence-corrected chi connectivity index (χ0v) is 7.73. The quantitative estimate of drug-likeness (QED) is 0.268. The van der Waals surface area contributed by atoms with Crippen LogP contribution in [0.25, 0.3) is 0 Å². The molecule has 0 heterocycles. The van der Waals surface area contributed by atoms with Gasteiger partial charge in [-0.3, -0.25) is 4.79 Å². The van der Waals surface area contributed by atoms with Gasteiger partial charge in [0.15, 0.2) is 5.78 Å². The summed E-state index contributed by atoms with van der Waals surface area (Å²) in [5.41, 5.74) is 0. The van der Waals surface area contributed by atoms with E-state index in [0.717, 1.165) is 6.08 Å². The molecule has 0 atom stereocenters. The summed E-state index contributed by atoms with van der Waals surface area (Å²) in [5, 5.41) is 28.5. The van der Waals surface area contributed by atoms with Crippen molar-refractivity contribution >= 4 is 17.7 Å². The van der Waals surface area contributed by atoms with Crippen molar-refractivity contribution in [3.05, 3.63) is 11.8 Å². The highest BCUT2D eigenvalue weighted by Crippen LogP contribution is 1.77. The number of carboxylic acids is 2. The molecule has 0 unspecified atom stereocenters. The molecule has 0 aliphatic heterocycles. The highest BCUT2D eigenvalue weighted by atomic mass is 16.4. The van der Waals surface area contributed by atoms with Gasteiger partial charge in [0.2, 0.25) is 0 Å². The molecule has 80 valence electrons. The summed E-state index contributed by atoms with van der Waals surface area (Å²) in [6, 6.07) is 0. The fraction of sp³-hybridized carbons (Fsp3) is 0.375. The highest BCUT2D eigenvalue weighted by Gasteiger charge is 1.81. The predicted molar refractivity (Wildman–Crippen MR) is 39.1 cm³/mol. The first-order valence-electron chi connectivity index (χ1n) is 3.51. The van der Waals surface area contributed by atoms with Gasteiger partial charge >= 0.3 is 0 Å². The highest BCUT2D eigenvalue weighted by molar-refractivity contribution is 5.87. The molecule has 0 spiro atoms. The van der Waals surface area contributed by atoms with E-state index in [9.17, 15) is 29.7 Å². The van der Waals surface area contributed by atoms with Crippen molar-refractivity contribution in [2.45, 2.75) is 20.3 Å². The summed E-state index contributed by atoms with van der Waals surface area (Å²) in [7, 11) is 0. The summed E-state index contributed by atoms with van der Waals surface area (Å²) in [4.78, 5) is 28.5. The summed E-state index contributed by atoms with van der Waals surface area (Å²) in [5.74, 6) is -3.62. The van der Waals surface area contributed by atoms with Gasteiger partial charge in [-0.25, -0.2) is 0 Å². The Morgan fingerprint density at radius 2 is 1.36 bits per heavy atom. The monoisotopic (exact) mass is 201 g/mol. The number of ketones is 1. The van der Waals surface area contributed by atoms with Crippen LogP contribution in [0.3, 0.4) is 0 Å². The molecule has 6 nitrogen and oxygen atoms in total. The fourth-order valence-electron chi connectivity index (χ4n) is 0.404. The molecule has 0 fully saturated rings. The van der Waals surface area contributed by atoms with E-state index >= 15 is 0 Å². The van der Waals surface area contributed by atoms with Gasteiger partial charge in [-0.2, -0.15) is 0 Å². The molecule has 6 heteroatoms. The first kappa shape index (κ1) is 14.7. The Labute approximate surface area is 80.5 Å². The summed E-state index contributed by atoms with van der Waals surface area (Å²) in [6.45, 7) is 2.70. The average molecular weight is 201 g/mol. The number of hydrogen-bond acceptors (Lipinski definition) is 6. The second-order valence-corrected chi connectivity index (χ2v) is 2.29. The Morgan fingerprint density at radius 3 is 1.36 bits per heavy atom. The van der Waals surface area contributed by atoms with Crippen molar-refractivity contribution < 1.29 is 29.7 Å². The SMILES string of the molecule is CC(=O)/C=C(/C)[O-].O=C([O-])CC(=O)[O-]. The lowest BCUT2D eigenvalue weighted by molar-refractivity contribution is -0.322. The number of carbonyl (C=O) groups is 3. The van der Waals surface area contributed by atoms with Crippen molar-refractivity contribution in [1.29, 1.82) is 0 Å². The van der Waals surface area contributed by atoms with E-state index in [-0.39, 0.29) is 11.5 Å². The topological polar surface area (TPSA) is 120 Å². The molecule has 0 saturated carbocycles. The number of aliphatic carboxylic acids is 2. The first-order chi connectivity index (χ1) is 6.25. The number of hydrogen-bond donors (Lipinski definition) is 0. The van der Waals surface area contributed by atoms with Gasteiger partial charge in [0.25, 0.3) is 0 Å². The Hall–Kier alpha value is -1.85. The third-order valence-corrected chi connectivity index (χ3v) is 0.695. The largest absolute Gasteiger partial charge is 0.876 e. The van der Waals surface area contributed by atoms with Gasteiger partial charge in [0.1, 0.15) is 0 Å². The van der Waals surface area contributed by atoms with Crippen LogP contribution in [0, 0.1) is 0 Å². The molecule has 0 radical (unpaired) electrons. The Balaban J connectivity index is 0. The van der Waals surface area contributed by atoms with Crippen LogP contribution in [0.5, 0.6) is 0 Å². The smallest absolute Gasteiger partial charge is 0.151 e. The molecule has 0 N–H and O–H groups in total. The maximum Gasteiger partial charge on any atom is 0.151 e. The van der Waals surface area contributed by atoms with E-state index in [1.807, 2.05) is 0 Å². The lowest BCUT2D eigenvalue weighted by atomic mass is 10.4. The Bertz CT molecular complexity index is 237. The minimum Gasteiger partial charge on any atom is -0.876 e. The van der Waals surface area contributed by atoms with Gasteiger partial charge in [0, 0.05) is 18.4 Å². The van der Waals surface area contributed by atoms with E-state index in [1.54, 1.807) is 0 Å². The number of allylic oxidation sites excluding steroid dienone is 2. The molecule has 0 aromatic rings. The van der Waals surface area contributed by atoms with E-state index in [0.29, 0.717) is 0 Å². The molecule has 14 heavy (non-hydrogen) atoms. The maximum absolute atomic E-state index is 9.98. The van der Waals surface area contributed by atoms with E-state index in [1.165, 1.54) is 13.8 Å². The normalized spacial score (nSPS) is 9.71. The number of rotatable bonds is 3. The maximum atomic E-state index is 9.98. The minimum absolute atomic E-state index is 0.187. The molecule has 0 aliphatic rings. The third kappa shape index (κ3) is 22.5. The van der Waals surface area contributed by atoms with Gasteiger partial charge < -0.3 is 24.9 Å². The van der Waals surface area contributed by atoms with Crippen molar-refractivity contribution in [1.82, 2.24) is 0 Å². The molecule has 0 aromatic carbocycles. The summed E-state index contributed by atoms with van der Waals surface area (Å²) in [6.07, 6.45) is 0.0278. The van der Waals surface area contributed by atoms with Crippen LogP contribution < -0.4 is 15.3 Å². The van der Waals surface area contributed by atoms with Crippen molar-refractivity contribution in [2.24, 2.45) is 0 Å². The number of carbonyl (C=O) groups excluding carboxylic acids is 3. The van der Waals surface area contributed by atoms with Crippen LogP contribution in [0.2, 0.25) is 0 Å². The van der Waals surface area contributed by atoms with E-state index in [2.05, 4.69) is 0 Å². The van der Waals surface area contributed by atoms with Gasteiger partial charge in [-0.05, 0) is 13.0 Å². The van der Waals surface area contributed by atoms with Gasteiger partial charge in [-0.15, -0.1) is 5.76 Å². The lowest BCUT2D eigenvalue weighted by Gasteiger charge is -1.99. The van der Waals surface area contributed by atoms with Crippen LogP contribution in [-0.4, -0.2) is 17.7 Å². The van der Waals surface area contributed by atoms with Crippen LogP contribution in [-0.2, 0) is 14.4 Å². The van der Waals surface area contributed by atoms with E-state index < -0.39 is 18.4 Å². The van der Waals surface area contributed by atoms with Gasteiger partial charge in [0.05, 0.1) is 0 Å². The molecule has 0 aromatic heterocycles. The molecular weight excluding hydrogens is 192 g/mol. The Morgan fingerprint density at radius 1 is 1.00 bits per heavy atom. The van der Waals surface area contributed by atoms with Gasteiger partial charge in [-0.1, -0.05) is 6.92 Å². The second-order valence-electron chi connectivity index (χ2n) is 2.29. The predicted octanol–water partition coefficient (Wildman–Crippen LogP) is -3.28. The minimum atomic E-state index is -1.63. The summed E-state index contributed by atoms with van der Waals surface area (Å²) < 4.78 is 0. The van der Waals surface area contributed by atoms with Crippen LogP contribution in [0.15, 0.2) is 11.8 Å². The Kier molecular flexibility index (Phi) is 8.15. The van der Waals surface area contributed by atoms with Crippen LogP contribution in [0.4, 0.5) is 0 Å². The number of carboxylic acid groups (broad SMARTS) is 2. The van der Waals surface area contributed by atoms with Crippen molar-refractivity contribution in [3.63, 3.8) is 0 Å². The summed E-state index contributed by atoms with van der Waals surface area (Å²) >= 11 is 0. The van der Waals surface area contributed by atoms with Crippen molar-refractivity contribution in [2.75, 3.05) is 0 Å². The molecule has 0 rings (SSSR count). The third-order valence-electron chi connectivity index (χ3n) is 0.695.